The quantitative estimate of drug-likeness (QED) is 0.860. The van der Waals surface area contributed by atoms with Crippen LogP contribution in [-0.2, 0) is 0 Å². The van der Waals surface area contributed by atoms with Gasteiger partial charge in [0.2, 0.25) is 0 Å². The van der Waals surface area contributed by atoms with Gasteiger partial charge in [-0.15, -0.1) is 0 Å². The van der Waals surface area contributed by atoms with Crippen LogP contribution < -0.4 is 5.32 Å². The molecule has 0 bridgehead atoms. The zero-order valence-corrected chi connectivity index (χ0v) is 9.21. The van der Waals surface area contributed by atoms with Gasteiger partial charge in [0, 0.05) is 12.2 Å². The van der Waals surface area contributed by atoms with E-state index in [1.54, 1.807) is 0 Å². The zero-order chi connectivity index (χ0) is 9.26. The lowest BCUT2D eigenvalue weighted by molar-refractivity contribution is 0.303. The molecule has 1 heterocycles. The molecule has 0 aliphatic heterocycles. The Kier molecular flexibility index (Phi) is 2.54. The van der Waals surface area contributed by atoms with E-state index in [2.05, 4.69) is 33.2 Å². The van der Waals surface area contributed by atoms with Gasteiger partial charge < -0.3 is 5.32 Å². The second kappa shape index (κ2) is 3.66. The number of anilines is 1. The van der Waals surface area contributed by atoms with Crippen LogP contribution in [0.5, 0.6) is 0 Å². The first kappa shape index (κ1) is 9.00. The number of hydrogen-bond donors (Lipinski definition) is 1. The molecule has 3 heteroatoms. The molecule has 2 unspecified atom stereocenters. The van der Waals surface area contributed by atoms with E-state index in [1.807, 2.05) is 18.3 Å². The van der Waals surface area contributed by atoms with Gasteiger partial charge in [0.25, 0.3) is 0 Å². The van der Waals surface area contributed by atoms with Crippen LogP contribution in [-0.4, -0.2) is 11.0 Å². The summed E-state index contributed by atoms with van der Waals surface area (Å²) < 4.78 is 1.05. The Morgan fingerprint density at radius 2 is 2.38 bits per heavy atom. The maximum atomic E-state index is 4.28. The Hall–Kier alpha value is -0.570. The summed E-state index contributed by atoms with van der Waals surface area (Å²) in [6, 6.07) is 4.56. The molecule has 2 nitrogen and oxygen atoms in total. The lowest BCUT2D eigenvalue weighted by Crippen LogP contribution is -2.36. The second-order valence-corrected chi connectivity index (χ2v) is 4.49. The number of halogens is 1. The molecule has 1 fully saturated rings. The molecule has 0 spiro atoms. The first-order valence-electron chi connectivity index (χ1n) is 4.64. The fourth-order valence-electron chi connectivity index (χ4n) is 1.55. The van der Waals surface area contributed by atoms with Crippen molar-refractivity contribution < 1.29 is 0 Å². The average molecular weight is 241 g/mol. The molecule has 0 aromatic carbocycles. The Balaban J connectivity index is 2.05. The molecular formula is C10H13BrN2. The molecule has 1 aliphatic rings. The van der Waals surface area contributed by atoms with Gasteiger partial charge in [0.15, 0.2) is 0 Å². The third kappa shape index (κ3) is 1.85. The fourth-order valence-corrected chi connectivity index (χ4v) is 1.92. The number of aromatic nitrogens is 1. The summed E-state index contributed by atoms with van der Waals surface area (Å²) in [7, 11) is 0. The average Bonchev–Trinajstić information content (AvgIpc) is 2.14. The molecule has 13 heavy (non-hydrogen) atoms. The maximum absolute atomic E-state index is 4.28. The number of hydrogen-bond acceptors (Lipinski definition) is 2. The molecule has 1 aromatic rings. The van der Waals surface area contributed by atoms with Crippen LogP contribution in [0.4, 0.5) is 5.82 Å². The van der Waals surface area contributed by atoms with E-state index in [-0.39, 0.29) is 0 Å². The van der Waals surface area contributed by atoms with E-state index in [0.717, 1.165) is 16.2 Å². The normalized spacial score (nSPS) is 26.6. The van der Waals surface area contributed by atoms with Crippen molar-refractivity contribution in [3.8, 4) is 0 Å². The smallest absolute Gasteiger partial charge is 0.140 e. The molecule has 1 N–H and O–H groups in total. The standard InChI is InChI=1S/C10H13BrN2/c1-7-4-5-9(7)13-10-8(11)3-2-6-12-10/h2-3,6-7,9H,4-5H2,1H3,(H,12,13). The van der Waals surface area contributed by atoms with Crippen molar-refractivity contribution in [1.29, 1.82) is 0 Å². The van der Waals surface area contributed by atoms with Crippen LogP contribution in [0.15, 0.2) is 22.8 Å². The highest BCUT2D eigenvalue weighted by atomic mass is 79.9. The van der Waals surface area contributed by atoms with Gasteiger partial charge in [-0.05, 0) is 46.8 Å². The maximum Gasteiger partial charge on any atom is 0.140 e. The van der Waals surface area contributed by atoms with Gasteiger partial charge in [-0.25, -0.2) is 4.98 Å². The highest BCUT2D eigenvalue weighted by molar-refractivity contribution is 9.10. The molecule has 70 valence electrons. The Labute approximate surface area is 86.9 Å². The number of pyridine rings is 1. The predicted molar refractivity (Wildman–Crippen MR) is 57.7 cm³/mol. The van der Waals surface area contributed by atoms with Gasteiger partial charge >= 0.3 is 0 Å². The van der Waals surface area contributed by atoms with E-state index in [4.69, 9.17) is 0 Å². The molecule has 0 saturated heterocycles. The summed E-state index contributed by atoms with van der Waals surface area (Å²) in [5, 5.41) is 3.44. The summed E-state index contributed by atoms with van der Waals surface area (Å²) in [5.74, 6) is 1.76. The van der Waals surface area contributed by atoms with Crippen molar-refractivity contribution in [1.82, 2.24) is 4.98 Å². The third-order valence-corrected chi connectivity index (χ3v) is 3.34. The molecule has 1 aromatic heterocycles. The first-order valence-corrected chi connectivity index (χ1v) is 5.43. The minimum Gasteiger partial charge on any atom is -0.366 e. The van der Waals surface area contributed by atoms with Crippen LogP contribution in [0.1, 0.15) is 19.8 Å². The molecule has 2 rings (SSSR count). The number of rotatable bonds is 2. The zero-order valence-electron chi connectivity index (χ0n) is 7.63. The topological polar surface area (TPSA) is 24.9 Å². The Morgan fingerprint density at radius 1 is 1.54 bits per heavy atom. The van der Waals surface area contributed by atoms with Gasteiger partial charge in [0.05, 0.1) is 4.47 Å². The van der Waals surface area contributed by atoms with Crippen molar-refractivity contribution in [2.24, 2.45) is 5.92 Å². The van der Waals surface area contributed by atoms with E-state index >= 15 is 0 Å². The van der Waals surface area contributed by atoms with Crippen LogP contribution in [0.25, 0.3) is 0 Å². The summed E-state index contributed by atoms with van der Waals surface area (Å²) in [6.07, 6.45) is 4.42. The second-order valence-electron chi connectivity index (χ2n) is 3.64. The summed E-state index contributed by atoms with van der Waals surface area (Å²) in [5.41, 5.74) is 0. The fraction of sp³-hybridized carbons (Fsp3) is 0.500. The van der Waals surface area contributed by atoms with Crippen LogP contribution in [0, 0.1) is 5.92 Å². The Bertz CT molecular complexity index is 301. The molecule has 0 radical (unpaired) electrons. The van der Waals surface area contributed by atoms with E-state index in [9.17, 15) is 0 Å². The van der Waals surface area contributed by atoms with Crippen LogP contribution in [0.3, 0.4) is 0 Å². The third-order valence-electron chi connectivity index (χ3n) is 2.70. The summed E-state index contributed by atoms with van der Waals surface area (Å²) >= 11 is 3.47. The van der Waals surface area contributed by atoms with Crippen molar-refractivity contribution >= 4 is 21.7 Å². The van der Waals surface area contributed by atoms with Crippen molar-refractivity contribution in [2.45, 2.75) is 25.8 Å². The van der Waals surface area contributed by atoms with Gasteiger partial charge in [-0.1, -0.05) is 6.92 Å². The largest absolute Gasteiger partial charge is 0.366 e. The minimum atomic E-state index is 0.617. The first-order chi connectivity index (χ1) is 6.27. The highest BCUT2D eigenvalue weighted by Gasteiger charge is 2.26. The molecular weight excluding hydrogens is 228 g/mol. The van der Waals surface area contributed by atoms with Crippen LogP contribution >= 0.6 is 15.9 Å². The van der Waals surface area contributed by atoms with Crippen molar-refractivity contribution in [3.05, 3.63) is 22.8 Å². The summed E-state index contributed by atoms with van der Waals surface area (Å²) in [4.78, 5) is 4.28. The van der Waals surface area contributed by atoms with Gasteiger partial charge in [0.1, 0.15) is 5.82 Å². The van der Waals surface area contributed by atoms with E-state index < -0.39 is 0 Å². The van der Waals surface area contributed by atoms with E-state index in [1.165, 1.54) is 12.8 Å². The minimum absolute atomic E-state index is 0.617. The van der Waals surface area contributed by atoms with Crippen molar-refractivity contribution in [3.63, 3.8) is 0 Å². The Morgan fingerprint density at radius 3 is 2.92 bits per heavy atom. The number of nitrogens with zero attached hydrogens (tertiary/aromatic N) is 1. The molecule has 0 amide bonds. The lowest BCUT2D eigenvalue weighted by Gasteiger charge is -2.35. The van der Waals surface area contributed by atoms with E-state index in [0.29, 0.717) is 6.04 Å². The van der Waals surface area contributed by atoms with Gasteiger partial charge in [-0.3, -0.25) is 0 Å². The lowest BCUT2D eigenvalue weighted by atomic mass is 9.81. The molecule has 1 aliphatic carbocycles. The highest BCUT2D eigenvalue weighted by Crippen LogP contribution is 2.31. The van der Waals surface area contributed by atoms with Crippen LogP contribution in [0.2, 0.25) is 0 Å². The SMILES string of the molecule is CC1CCC1Nc1ncccc1Br. The monoisotopic (exact) mass is 240 g/mol. The number of nitrogens with one attached hydrogen (secondary N) is 1. The van der Waals surface area contributed by atoms with Crippen molar-refractivity contribution in [2.75, 3.05) is 5.32 Å². The summed E-state index contributed by atoms with van der Waals surface area (Å²) in [6.45, 7) is 2.28. The van der Waals surface area contributed by atoms with Gasteiger partial charge in [-0.2, -0.15) is 0 Å². The predicted octanol–water partition coefficient (Wildman–Crippen LogP) is 3.05. The molecule has 2 atom stereocenters. The molecule has 1 saturated carbocycles.